The molecule has 0 aliphatic carbocycles. The summed E-state index contributed by atoms with van der Waals surface area (Å²) in [5, 5.41) is 11.0. The maximum Gasteiger partial charge on any atom is 0.251 e. The number of aromatic nitrogens is 2. The minimum atomic E-state index is -0.127. The lowest BCUT2D eigenvalue weighted by Gasteiger charge is -2.10. The Hall–Kier alpha value is -4.71. The first-order valence-electron chi connectivity index (χ1n) is 11.7. The number of nitrogens with one attached hydrogen (secondary N) is 1. The van der Waals surface area contributed by atoms with Crippen molar-refractivity contribution in [2.45, 2.75) is 20.4 Å². The number of benzene rings is 4. The second-order valence-electron chi connectivity index (χ2n) is 8.48. The van der Waals surface area contributed by atoms with Gasteiger partial charge in [0.15, 0.2) is 0 Å². The van der Waals surface area contributed by atoms with Crippen molar-refractivity contribution in [2.75, 3.05) is 0 Å². The number of hydrogen-bond acceptors (Lipinski definition) is 5. The SMILES string of the molecule is Cc1nnc(-c2ccc(C)c(-c3ccc(C(=O)NCc4ccc(Oc5ccccc5)cc4)cc3)c2)o1. The van der Waals surface area contributed by atoms with Gasteiger partial charge in [-0.2, -0.15) is 0 Å². The van der Waals surface area contributed by atoms with Crippen LogP contribution >= 0.6 is 0 Å². The molecule has 0 bridgehead atoms. The highest BCUT2D eigenvalue weighted by Gasteiger charge is 2.11. The number of aryl methyl sites for hydroxylation is 2. The second kappa shape index (κ2) is 10.3. The number of para-hydroxylation sites is 1. The fourth-order valence-electron chi connectivity index (χ4n) is 3.86. The van der Waals surface area contributed by atoms with Gasteiger partial charge in [0.05, 0.1) is 0 Å². The number of hydrogen-bond donors (Lipinski definition) is 1. The van der Waals surface area contributed by atoms with E-state index in [1.165, 1.54) is 0 Å². The van der Waals surface area contributed by atoms with E-state index in [0.717, 1.165) is 39.3 Å². The van der Waals surface area contributed by atoms with E-state index in [4.69, 9.17) is 9.15 Å². The molecular weight excluding hydrogens is 450 g/mol. The molecule has 178 valence electrons. The third-order valence-electron chi connectivity index (χ3n) is 5.82. The maximum atomic E-state index is 12.7. The molecule has 1 amide bonds. The van der Waals surface area contributed by atoms with E-state index in [-0.39, 0.29) is 5.91 Å². The Morgan fingerprint density at radius 2 is 1.50 bits per heavy atom. The van der Waals surface area contributed by atoms with Crippen molar-refractivity contribution < 1.29 is 13.9 Å². The molecule has 0 spiro atoms. The summed E-state index contributed by atoms with van der Waals surface area (Å²) in [7, 11) is 0. The van der Waals surface area contributed by atoms with Crippen LogP contribution in [0.2, 0.25) is 0 Å². The van der Waals surface area contributed by atoms with Crippen molar-refractivity contribution in [2.24, 2.45) is 0 Å². The van der Waals surface area contributed by atoms with Crippen molar-refractivity contribution in [1.29, 1.82) is 0 Å². The second-order valence-corrected chi connectivity index (χ2v) is 8.48. The molecule has 1 heterocycles. The van der Waals surface area contributed by atoms with Gasteiger partial charge < -0.3 is 14.5 Å². The zero-order valence-corrected chi connectivity index (χ0v) is 20.1. The van der Waals surface area contributed by atoms with Crippen LogP contribution < -0.4 is 10.1 Å². The fraction of sp³-hybridized carbons (Fsp3) is 0.100. The molecular formula is C30H25N3O3. The minimum absolute atomic E-state index is 0.127. The quantitative estimate of drug-likeness (QED) is 0.282. The lowest BCUT2D eigenvalue weighted by atomic mass is 9.97. The normalized spacial score (nSPS) is 10.7. The van der Waals surface area contributed by atoms with Crippen LogP contribution in [0.3, 0.4) is 0 Å². The third-order valence-corrected chi connectivity index (χ3v) is 5.82. The smallest absolute Gasteiger partial charge is 0.251 e. The molecule has 36 heavy (non-hydrogen) atoms. The average Bonchev–Trinajstić information content (AvgIpc) is 3.35. The van der Waals surface area contributed by atoms with Gasteiger partial charge in [0.1, 0.15) is 11.5 Å². The molecule has 0 saturated carbocycles. The predicted molar refractivity (Wildman–Crippen MR) is 139 cm³/mol. The van der Waals surface area contributed by atoms with Crippen LogP contribution in [0, 0.1) is 13.8 Å². The molecule has 6 heteroatoms. The first-order valence-corrected chi connectivity index (χ1v) is 11.7. The van der Waals surface area contributed by atoms with Crippen LogP contribution in [0.1, 0.15) is 27.4 Å². The highest BCUT2D eigenvalue weighted by atomic mass is 16.5. The van der Waals surface area contributed by atoms with Gasteiger partial charge in [-0.1, -0.05) is 48.5 Å². The first-order chi connectivity index (χ1) is 17.5. The molecule has 0 aliphatic heterocycles. The summed E-state index contributed by atoms with van der Waals surface area (Å²) in [6, 6.07) is 30.9. The molecule has 6 nitrogen and oxygen atoms in total. The van der Waals surface area contributed by atoms with E-state index in [0.29, 0.717) is 23.9 Å². The summed E-state index contributed by atoms with van der Waals surface area (Å²) in [6.07, 6.45) is 0. The molecule has 0 saturated heterocycles. The summed E-state index contributed by atoms with van der Waals surface area (Å²) >= 11 is 0. The number of amides is 1. The summed E-state index contributed by atoms with van der Waals surface area (Å²) < 4.78 is 11.4. The Morgan fingerprint density at radius 1 is 0.806 bits per heavy atom. The van der Waals surface area contributed by atoms with E-state index < -0.39 is 0 Å². The summed E-state index contributed by atoms with van der Waals surface area (Å²) in [5.74, 6) is 2.43. The van der Waals surface area contributed by atoms with E-state index in [9.17, 15) is 4.79 Å². The van der Waals surface area contributed by atoms with Gasteiger partial charge in [-0.05, 0) is 77.7 Å². The minimum Gasteiger partial charge on any atom is -0.457 e. The monoisotopic (exact) mass is 475 g/mol. The molecule has 5 aromatic rings. The molecule has 1 aromatic heterocycles. The van der Waals surface area contributed by atoms with Gasteiger partial charge in [-0.25, -0.2) is 0 Å². The van der Waals surface area contributed by atoms with Crippen molar-refractivity contribution in [1.82, 2.24) is 15.5 Å². The Morgan fingerprint density at radius 3 is 2.19 bits per heavy atom. The van der Waals surface area contributed by atoms with Crippen molar-refractivity contribution in [3.63, 3.8) is 0 Å². The van der Waals surface area contributed by atoms with Crippen molar-refractivity contribution >= 4 is 5.91 Å². The zero-order valence-electron chi connectivity index (χ0n) is 20.1. The topological polar surface area (TPSA) is 77.2 Å². The third kappa shape index (κ3) is 5.33. The number of carbonyl (C=O) groups is 1. The Balaban J connectivity index is 1.22. The van der Waals surface area contributed by atoms with Crippen LogP contribution in [-0.2, 0) is 6.54 Å². The van der Waals surface area contributed by atoms with Gasteiger partial charge in [0.2, 0.25) is 11.8 Å². The van der Waals surface area contributed by atoms with E-state index in [2.05, 4.69) is 22.4 Å². The lowest BCUT2D eigenvalue weighted by molar-refractivity contribution is 0.0951. The molecule has 0 radical (unpaired) electrons. The van der Waals surface area contributed by atoms with E-state index in [1.54, 1.807) is 6.92 Å². The Bertz CT molecular complexity index is 1470. The average molecular weight is 476 g/mol. The zero-order chi connectivity index (χ0) is 24.9. The molecule has 0 fully saturated rings. The highest BCUT2D eigenvalue weighted by molar-refractivity contribution is 5.94. The molecule has 1 N–H and O–H groups in total. The van der Waals surface area contributed by atoms with Crippen molar-refractivity contribution in [3.05, 3.63) is 120 Å². The number of rotatable bonds is 7. The molecule has 0 atom stereocenters. The largest absolute Gasteiger partial charge is 0.457 e. The highest BCUT2D eigenvalue weighted by Crippen LogP contribution is 2.29. The number of ether oxygens (including phenoxy) is 1. The molecule has 5 rings (SSSR count). The van der Waals surface area contributed by atoms with Crippen LogP contribution in [-0.4, -0.2) is 16.1 Å². The summed E-state index contributed by atoms with van der Waals surface area (Å²) in [4.78, 5) is 12.7. The standard InChI is InChI=1S/C30H25N3O3/c1-20-8-11-25(30-33-32-21(2)35-30)18-28(20)23-12-14-24(15-13-23)29(34)31-19-22-9-16-27(17-10-22)36-26-6-4-3-5-7-26/h3-18H,19H2,1-2H3,(H,31,34). The summed E-state index contributed by atoms with van der Waals surface area (Å²) in [5.41, 5.74) is 5.63. The van der Waals surface area contributed by atoms with E-state index in [1.807, 2.05) is 97.1 Å². The van der Waals surface area contributed by atoms with Gasteiger partial charge in [0.25, 0.3) is 5.91 Å². The van der Waals surface area contributed by atoms with Gasteiger partial charge in [-0.3, -0.25) is 4.79 Å². The van der Waals surface area contributed by atoms with Crippen LogP contribution in [0.15, 0.2) is 101 Å². The molecule has 4 aromatic carbocycles. The molecule has 0 aliphatic rings. The first kappa shape index (κ1) is 23.1. The van der Waals surface area contributed by atoms with E-state index >= 15 is 0 Å². The fourth-order valence-corrected chi connectivity index (χ4v) is 3.86. The van der Waals surface area contributed by atoms with Crippen LogP contribution in [0.4, 0.5) is 0 Å². The maximum absolute atomic E-state index is 12.7. The summed E-state index contributed by atoms with van der Waals surface area (Å²) in [6.45, 7) is 4.25. The number of nitrogens with zero attached hydrogens (tertiary/aromatic N) is 2. The van der Waals surface area contributed by atoms with Crippen LogP contribution in [0.5, 0.6) is 11.5 Å². The van der Waals surface area contributed by atoms with Crippen LogP contribution in [0.25, 0.3) is 22.6 Å². The van der Waals surface area contributed by atoms with Gasteiger partial charge in [-0.15, -0.1) is 10.2 Å². The lowest BCUT2D eigenvalue weighted by Crippen LogP contribution is -2.22. The Labute approximate surface area is 209 Å². The predicted octanol–water partition coefficient (Wildman–Crippen LogP) is 6.74. The number of carbonyl (C=O) groups excluding carboxylic acids is 1. The van der Waals surface area contributed by atoms with Gasteiger partial charge >= 0.3 is 0 Å². The Kier molecular flexibility index (Phi) is 6.58. The van der Waals surface area contributed by atoms with Crippen molar-refractivity contribution in [3.8, 4) is 34.1 Å². The molecule has 0 unspecified atom stereocenters. The van der Waals surface area contributed by atoms with Gasteiger partial charge in [0, 0.05) is 24.6 Å².